The summed E-state index contributed by atoms with van der Waals surface area (Å²) >= 11 is 5.88. The molecule has 0 unspecified atom stereocenters. The highest BCUT2D eigenvalue weighted by Crippen LogP contribution is 2.32. The molecule has 1 fully saturated rings. The summed E-state index contributed by atoms with van der Waals surface area (Å²) in [4.78, 5) is 24.9. The Kier molecular flexibility index (Phi) is 6.28. The average molecular weight is 340 g/mol. The van der Waals surface area contributed by atoms with Crippen molar-refractivity contribution in [3.05, 3.63) is 29.3 Å². The van der Waals surface area contributed by atoms with Gasteiger partial charge < -0.3 is 14.7 Å². The number of ether oxygens (including phenoxy) is 1. The molecule has 0 saturated heterocycles. The molecule has 1 saturated carbocycles. The van der Waals surface area contributed by atoms with Crippen LogP contribution in [-0.4, -0.2) is 42.1 Å². The molecule has 0 bridgehead atoms. The topological polar surface area (TPSA) is 66.8 Å². The van der Waals surface area contributed by atoms with Crippen LogP contribution in [0.5, 0.6) is 5.75 Å². The minimum absolute atomic E-state index is 0.0384. The lowest BCUT2D eigenvalue weighted by molar-refractivity contribution is -0.141. The Morgan fingerprint density at radius 1 is 1.35 bits per heavy atom. The number of carbonyl (C=O) groups excluding carboxylic acids is 1. The van der Waals surface area contributed by atoms with Crippen LogP contribution in [0.3, 0.4) is 0 Å². The summed E-state index contributed by atoms with van der Waals surface area (Å²) in [6.07, 6.45) is 2.43. The zero-order valence-electron chi connectivity index (χ0n) is 13.2. The third-order valence-corrected chi connectivity index (χ3v) is 4.45. The molecule has 126 valence electrons. The van der Waals surface area contributed by atoms with Crippen LogP contribution in [0.4, 0.5) is 0 Å². The summed E-state index contributed by atoms with van der Waals surface area (Å²) in [6.45, 7) is 1.09. The molecule has 2 atom stereocenters. The first-order chi connectivity index (χ1) is 11.0. The van der Waals surface area contributed by atoms with E-state index in [2.05, 4.69) is 0 Å². The number of rotatable bonds is 7. The fourth-order valence-corrected chi connectivity index (χ4v) is 3.08. The zero-order chi connectivity index (χ0) is 16.8. The van der Waals surface area contributed by atoms with Crippen LogP contribution in [-0.2, 0) is 9.59 Å². The summed E-state index contributed by atoms with van der Waals surface area (Å²) in [5.74, 6) is -0.570. The largest absolute Gasteiger partial charge is 0.493 e. The molecule has 1 N–H and O–H groups in total. The highest BCUT2D eigenvalue weighted by molar-refractivity contribution is 6.30. The second kappa shape index (κ2) is 8.20. The van der Waals surface area contributed by atoms with E-state index >= 15 is 0 Å². The van der Waals surface area contributed by atoms with E-state index in [4.69, 9.17) is 21.4 Å². The van der Waals surface area contributed by atoms with Crippen molar-refractivity contribution in [2.24, 2.45) is 11.8 Å². The highest BCUT2D eigenvalue weighted by atomic mass is 35.5. The summed E-state index contributed by atoms with van der Waals surface area (Å²) in [7, 11) is 1.76. The zero-order valence-corrected chi connectivity index (χ0v) is 14.0. The normalized spacial score (nSPS) is 20.3. The maximum atomic E-state index is 12.3. The molecule has 0 heterocycles. The number of amides is 1. The fourth-order valence-electron chi connectivity index (χ4n) is 2.90. The van der Waals surface area contributed by atoms with E-state index in [0.717, 1.165) is 0 Å². The summed E-state index contributed by atoms with van der Waals surface area (Å²) in [6, 6.07) is 7.20. The Bertz CT molecular complexity index is 563. The van der Waals surface area contributed by atoms with Crippen molar-refractivity contribution in [1.82, 2.24) is 4.90 Å². The van der Waals surface area contributed by atoms with E-state index in [1.807, 2.05) is 12.1 Å². The van der Waals surface area contributed by atoms with Crippen LogP contribution in [0.15, 0.2) is 24.3 Å². The van der Waals surface area contributed by atoms with Gasteiger partial charge in [-0.25, -0.2) is 0 Å². The molecule has 2 rings (SSSR count). The van der Waals surface area contributed by atoms with E-state index in [1.54, 1.807) is 24.1 Å². The SMILES string of the molecule is CN(CCCOc1cccc(Cl)c1)C(=O)[C@@H]1CC[C@H](C(=O)O)C1. The van der Waals surface area contributed by atoms with Gasteiger partial charge in [-0.05, 0) is 43.9 Å². The second-order valence-electron chi connectivity index (χ2n) is 5.96. The maximum absolute atomic E-state index is 12.3. The predicted molar refractivity (Wildman–Crippen MR) is 87.7 cm³/mol. The van der Waals surface area contributed by atoms with Crippen molar-refractivity contribution in [3.63, 3.8) is 0 Å². The molecule has 23 heavy (non-hydrogen) atoms. The van der Waals surface area contributed by atoms with Crippen molar-refractivity contribution >= 4 is 23.5 Å². The highest BCUT2D eigenvalue weighted by Gasteiger charge is 2.34. The van der Waals surface area contributed by atoms with Crippen molar-refractivity contribution in [3.8, 4) is 5.75 Å². The summed E-state index contributed by atoms with van der Waals surface area (Å²) < 4.78 is 5.59. The average Bonchev–Trinajstić information content (AvgIpc) is 3.01. The number of nitrogens with zero attached hydrogens (tertiary/aromatic N) is 1. The number of benzene rings is 1. The standard InChI is InChI=1S/C17H22ClNO4/c1-19(16(20)12-6-7-13(10-12)17(21)22)8-3-9-23-15-5-2-4-14(18)11-15/h2,4-5,11-13H,3,6-10H2,1H3,(H,21,22)/t12-,13+/m1/s1. The van der Waals surface area contributed by atoms with Gasteiger partial charge in [0.15, 0.2) is 0 Å². The first-order valence-electron chi connectivity index (χ1n) is 7.83. The molecule has 0 aromatic heterocycles. The van der Waals surface area contributed by atoms with E-state index < -0.39 is 5.97 Å². The quantitative estimate of drug-likeness (QED) is 0.775. The molecular weight excluding hydrogens is 318 g/mol. The van der Waals surface area contributed by atoms with Gasteiger partial charge in [-0.2, -0.15) is 0 Å². The van der Waals surface area contributed by atoms with Gasteiger partial charge in [-0.1, -0.05) is 17.7 Å². The van der Waals surface area contributed by atoms with Gasteiger partial charge in [0.05, 0.1) is 12.5 Å². The van der Waals surface area contributed by atoms with Crippen LogP contribution in [0.1, 0.15) is 25.7 Å². The molecule has 0 spiro atoms. The van der Waals surface area contributed by atoms with Crippen molar-refractivity contribution in [2.75, 3.05) is 20.2 Å². The van der Waals surface area contributed by atoms with Crippen LogP contribution in [0, 0.1) is 11.8 Å². The van der Waals surface area contributed by atoms with Gasteiger partial charge in [0, 0.05) is 24.5 Å². The van der Waals surface area contributed by atoms with Crippen molar-refractivity contribution in [2.45, 2.75) is 25.7 Å². The van der Waals surface area contributed by atoms with E-state index in [9.17, 15) is 9.59 Å². The number of carboxylic acids is 1. The molecule has 1 amide bonds. The molecule has 1 aromatic carbocycles. The lowest BCUT2D eigenvalue weighted by atomic mass is 10.0. The number of carboxylic acid groups (broad SMARTS) is 1. The second-order valence-corrected chi connectivity index (χ2v) is 6.40. The van der Waals surface area contributed by atoms with Crippen LogP contribution in [0.25, 0.3) is 0 Å². The third kappa shape index (κ3) is 5.13. The van der Waals surface area contributed by atoms with Crippen LogP contribution < -0.4 is 4.74 Å². The Balaban J connectivity index is 1.69. The summed E-state index contributed by atoms with van der Waals surface area (Å²) in [5, 5.41) is 9.63. The van der Waals surface area contributed by atoms with Crippen LogP contribution in [0.2, 0.25) is 5.02 Å². The van der Waals surface area contributed by atoms with Gasteiger partial charge in [0.25, 0.3) is 0 Å². The Labute approximate surface area is 141 Å². The molecule has 0 radical (unpaired) electrons. The number of hydrogen-bond acceptors (Lipinski definition) is 3. The maximum Gasteiger partial charge on any atom is 0.306 e. The van der Waals surface area contributed by atoms with Crippen molar-refractivity contribution in [1.29, 1.82) is 0 Å². The molecular formula is C17H22ClNO4. The van der Waals surface area contributed by atoms with Gasteiger partial charge in [-0.15, -0.1) is 0 Å². The van der Waals surface area contributed by atoms with Gasteiger partial charge in [0.1, 0.15) is 5.75 Å². The number of hydrogen-bond donors (Lipinski definition) is 1. The van der Waals surface area contributed by atoms with Gasteiger partial charge in [-0.3, -0.25) is 9.59 Å². The minimum Gasteiger partial charge on any atom is -0.493 e. The fraction of sp³-hybridized carbons (Fsp3) is 0.529. The minimum atomic E-state index is -0.794. The van der Waals surface area contributed by atoms with E-state index in [1.165, 1.54) is 0 Å². The smallest absolute Gasteiger partial charge is 0.306 e. The third-order valence-electron chi connectivity index (χ3n) is 4.21. The summed E-state index contributed by atoms with van der Waals surface area (Å²) in [5.41, 5.74) is 0. The van der Waals surface area contributed by atoms with Crippen molar-refractivity contribution < 1.29 is 19.4 Å². The van der Waals surface area contributed by atoms with Crippen LogP contribution >= 0.6 is 11.6 Å². The van der Waals surface area contributed by atoms with E-state index in [-0.39, 0.29) is 17.7 Å². The van der Waals surface area contributed by atoms with Gasteiger partial charge >= 0.3 is 5.97 Å². The Morgan fingerprint density at radius 2 is 2.09 bits per heavy atom. The van der Waals surface area contributed by atoms with Gasteiger partial charge in [0.2, 0.25) is 5.91 Å². The molecule has 1 aliphatic carbocycles. The number of halogens is 1. The molecule has 1 aromatic rings. The first-order valence-corrected chi connectivity index (χ1v) is 8.21. The first kappa shape index (κ1) is 17.6. The molecule has 5 nitrogen and oxygen atoms in total. The molecule has 0 aliphatic heterocycles. The molecule has 1 aliphatic rings. The van der Waals surface area contributed by atoms with E-state index in [0.29, 0.717) is 49.6 Å². The number of aliphatic carboxylic acids is 1. The Hall–Kier alpha value is -1.75. The predicted octanol–water partition coefficient (Wildman–Crippen LogP) is 3.07. The monoisotopic (exact) mass is 339 g/mol. The lowest BCUT2D eigenvalue weighted by Gasteiger charge is -2.21. The Morgan fingerprint density at radius 3 is 2.74 bits per heavy atom. The lowest BCUT2D eigenvalue weighted by Crippen LogP contribution is -2.33. The molecule has 6 heteroatoms. The number of carbonyl (C=O) groups is 2.